The SMILES string of the molecule is C=CCn1c(=O)c2ccccc2n2c(SCC(=O)NC3CCN(CCC)CC3)nnc12. The number of amides is 1. The maximum Gasteiger partial charge on any atom is 0.263 e. The van der Waals surface area contributed by atoms with Crippen LogP contribution in [0.3, 0.4) is 0 Å². The third kappa shape index (κ3) is 4.52. The number of carbonyl (C=O) groups is 1. The third-order valence-electron chi connectivity index (χ3n) is 5.61. The van der Waals surface area contributed by atoms with Gasteiger partial charge in [0.05, 0.1) is 16.7 Å². The van der Waals surface area contributed by atoms with Crippen LogP contribution in [0.1, 0.15) is 26.2 Å². The molecule has 0 bridgehead atoms. The zero-order valence-corrected chi connectivity index (χ0v) is 18.6. The smallest absolute Gasteiger partial charge is 0.263 e. The molecule has 31 heavy (non-hydrogen) atoms. The summed E-state index contributed by atoms with van der Waals surface area (Å²) in [6.45, 7) is 9.47. The number of rotatable bonds is 8. The second-order valence-electron chi connectivity index (χ2n) is 7.81. The van der Waals surface area contributed by atoms with Crippen molar-refractivity contribution >= 4 is 34.3 Å². The van der Waals surface area contributed by atoms with Gasteiger partial charge >= 0.3 is 0 Å². The number of allylic oxidation sites excluding steroid dienone is 1. The first-order valence-electron chi connectivity index (χ1n) is 10.7. The highest BCUT2D eigenvalue weighted by molar-refractivity contribution is 7.99. The van der Waals surface area contributed by atoms with Crippen molar-refractivity contribution < 1.29 is 4.79 Å². The lowest BCUT2D eigenvalue weighted by molar-refractivity contribution is -0.119. The van der Waals surface area contributed by atoms with Gasteiger partial charge < -0.3 is 10.2 Å². The van der Waals surface area contributed by atoms with Crippen LogP contribution in [0.25, 0.3) is 16.7 Å². The van der Waals surface area contributed by atoms with E-state index in [1.807, 2.05) is 22.6 Å². The highest BCUT2D eigenvalue weighted by Crippen LogP contribution is 2.21. The molecule has 1 fully saturated rings. The van der Waals surface area contributed by atoms with Gasteiger partial charge in [-0.2, -0.15) is 0 Å². The van der Waals surface area contributed by atoms with Gasteiger partial charge in [0.15, 0.2) is 5.16 Å². The first kappa shape index (κ1) is 21.6. The third-order valence-corrected chi connectivity index (χ3v) is 6.54. The molecule has 9 heteroatoms. The molecule has 0 aliphatic carbocycles. The lowest BCUT2D eigenvalue weighted by atomic mass is 10.1. The van der Waals surface area contributed by atoms with E-state index >= 15 is 0 Å². The van der Waals surface area contributed by atoms with E-state index in [0.29, 0.717) is 22.9 Å². The van der Waals surface area contributed by atoms with Crippen LogP contribution >= 0.6 is 11.8 Å². The van der Waals surface area contributed by atoms with Crippen molar-refractivity contribution in [1.82, 2.24) is 29.4 Å². The molecule has 1 amide bonds. The Bertz CT molecular complexity index is 1150. The summed E-state index contributed by atoms with van der Waals surface area (Å²) in [6, 6.07) is 7.62. The second-order valence-corrected chi connectivity index (χ2v) is 8.75. The zero-order chi connectivity index (χ0) is 21.8. The molecule has 3 aromatic rings. The number of nitrogens with one attached hydrogen (secondary N) is 1. The van der Waals surface area contributed by atoms with E-state index in [0.717, 1.165) is 44.4 Å². The average molecular weight is 441 g/mol. The van der Waals surface area contributed by atoms with Gasteiger partial charge in [0.1, 0.15) is 0 Å². The summed E-state index contributed by atoms with van der Waals surface area (Å²) < 4.78 is 3.40. The van der Waals surface area contributed by atoms with Crippen molar-refractivity contribution in [3.05, 3.63) is 47.3 Å². The molecule has 1 aliphatic rings. The van der Waals surface area contributed by atoms with Crippen LogP contribution in [0.5, 0.6) is 0 Å². The highest BCUT2D eigenvalue weighted by Gasteiger charge is 2.21. The minimum Gasteiger partial charge on any atom is -0.353 e. The molecule has 2 aromatic heterocycles. The molecule has 1 N–H and O–H groups in total. The summed E-state index contributed by atoms with van der Waals surface area (Å²) >= 11 is 1.34. The van der Waals surface area contributed by atoms with Crippen LogP contribution in [0, 0.1) is 0 Å². The van der Waals surface area contributed by atoms with Crippen molar-refractivity contribution in [3.63, 3.8) is 0 Å². The van der Waals surface area contributed by atoms with Gasteiger partial charge in [-0.1, -0.05) is 36.9 Å². The quantitative estimate of drug-likeness (QED) is 0.427. The number of hydrogen-bond acceptors (Lipinski definition) is 6. The monoisotopic (exact) mass is 440 g/mol. The van der Waals surface area contributed by atoms with Crippen LogP contribution in [0.2, 0.25) is 0 Å². The van der Waals surface area contributed by atoms with Gasteiger partial charge in [-0.3, -0.25) is 18.6 Å². The predicted molar refractivity (Wildman–Crippen MR) is 124 cm³/mol. The van der Waals surface area contributed by atoms with E-state index < -0.39 is 0 Å². The first-order valence-corrected chi connectivity index (χ1v) is 11.7. The van der Waals surface area contributed by atoms with Gasteiger partial charge in [0.25, 0.3) is 5.56 Å². The molecule has 1 aromatic carbocycles. The molecule has 0 saturated carbocycles. The van der Waals surface area contributed by atoms with E-state index in [4.69, 9.17) is 0 Å². The Hall–Kier alpha value is -2.65. The fourth-order valence-electron chi connectivity index (χ4n) is 4.14. The normalized spacial score (nSPS) is 15.5. The lowest BCUT2D eigenvalue weighted by Gasteiger charge is -2.32. The van der Waals surface area contributed by atoms with E-state index in [2.05, 4.69) is 33.9 Å². The van der Waals surface area contributed by atoms with Crippen molar-refractivity contribution in [2.75, 3.05) is 25.4 Å². The number of para-hydroxylation sites is 1. The number of nitrogens with zero attached hydrogens (tertiary/aromatic N) is 5. The summed E-state index contributed by atoms with van der Waals surface area (Å²) in [6.07, 6.45) is 4.80. The zero-order valence-electron chi connectivity index (χ0n) is 17.8. The largest absolute Gasteiger partial charge is 0.353 e. The summed E-state index contributed by atoms with van der Waals surface area (Å²) in [7, 11) is 0. The number of piperidine rings is 1. The number of benzene rings is 1. The van der Waals surface area contributed by atoms with Gasteiger partial charge in [-0.05, 0) is 37.9 Å². The van der Waals surface area contributed by atoms with Crippen LogP contribution in [-0.2, 0) is 11.3 Å². The Kier molecular flexibility index (Phi) is 6.72. The van der Waals surface area contributed by atoms with Gasteiger partial charge in [-0.15, -0.1) is 16.8 Å². The molecular formula is C22H28N6O2S. The van der Waals surface area contributed by atoms with E-state index in [1.165, 1.54) is 11.8 Å². The molecule has 1 saturated heterocycles. The number of likely N-dealkylation sites (tertiary alicyclic amines) is 1. The molecule has 0 unspecified atom stereocenters. The molecule has 0 atom stereocenters. The molecule has 164 valence electrons. The van der Waals surface area contributed by atoms with Crippen molar-refractivity contribution in [3.8, 4) is 0 Å². The number of hydrogen-bond donors (Lipinski definition) is 1. The van der Waals surface area contributed by atoms with Crippen molar-refractivity contribution in [1.29, 1.82) is 0 Å². The summed E-state index contributed by atoms with van der Waals surface area (Å²) in [5.74, 6) is 0.708. The van der Waals surface area contributed by atoms with Crippen LogP contribution in [0.15, 0.2) is 46.9 Å². The molecule has 0 radical (unpaired) electrons. The molecule has 0 spiro atoms. The number of fused-ring (bicyclic) bond motifs is 3. The Labute approximate surface area is 185 Å². The molecule has 1 aliphatic heterocycles. The summed E-state index contributed by atoms with van der Waals surface area (Å²) in [4.78, 5) is 27.9. The fraction of sp³-hybridized carbons (Fsp3) is 0.455. The Morgan fingerprint density at radius 1 is 1.29 bits per heavy atom. The van der Waals surface area contributed by atoms with Crippen LogP contribution in [-0.4, -0.2) is 61.4 Å². The lowest BCUT2D eigenvalue weighted by Crippen LogP contribution is -2.45. The predicted octanol–water partition coefficient (Wildman–Crippen LogP) is 2.31. The Morgan fingerprint density at radius 2 is 2.06 bits per heavy atom. The van der Waals surface area contributed by atoms with E-state index in [1.54, 1.807) is 16.7 Å². The van der Waals surface area contributed by atoms with E-state index in [9.17, 15) is 9.59 Å². The van der Waals surface area contributed by atoms with Gasteiger partial charge in [-0.25, -0.2) is 0 Å². The summed E-state index contributed by atoms with van der Waals surface area (Å²) in [5, 5.41) is 12.8. The minimum atomic E-state index is -0.126. The fourth-order valence-corrected chi connectivity index (χ4v) is 4.89. The number of thioether (sulfide) groups is 1. The minimum absolute atomic E-state index is 0.000546. The molecule has 3 heterocycles. The Morgan fingerprint density at radius 3 is 2.81 bits per heavy atom. The number of carbonyl (C=O) groups excluding carboxylic acids is 1. The number of aromatic nitrogens is 4. The Balaban J connectivity index is 1.50. The van der Waals surface area contributed by atoms with Crippen LogP contribution < -0.4 is 10.9 Å². The van der Waals surface area contributed by atoms with Crippen molar-refractivity contribution in [2.24, 2.45) is 0 Å². The maximum atomic E-state index is 12.9. The maximum absolute atomic E-state index is 12.9. The molecule has 4 rings (SSSR count). The summed E-state index contributed by atoms with van der Waals surface area (Å²) in [5.41, 5.74) is 0.609. The van der Waals surface area contributed by atoms with E-state index in [-0.39, 0.29) is 23.3 Å². The highest BCUT2D eigenvalue weighted by atomic mass is 32.2. The second kappa shape index (κ2) is 9.65. The topological polar surface area (TPSA) is 84.5 Å². The van der Waals surface area contributed by atoms with Crippen LogP contribution in [0.4, 0.5) is 0 Å². The van der Waals surface area contributed by atoms with Crippen molar-refractivity contribution in [2.45, 2.75) is 43.9 Å². The van der Waals surface area contributed by atoms with Gasteiger partial charge in [0.2, 0.25) is 11.7 Å². The first-order chi connectivity index (χ1) is 15.1. The van der Waals surface area contributed by atoms with Gasteiger partial charge in [0, 0.05) is 25.7 Å². The standard InChI is InChI=1S/C22H28N6O2S/c1-3-11-26-13-9-16(10-14-26)23-19(29)15-31-22-25-24-21-27(12-4-2)20(30)17-7-5-6-8-18(17)28(21)22/h4-8,16H,2-3,9-15H2,1H3,(H,23,29). The molecule has 8 nitrogen and oxygen atoms in total. The average Bonchev–Trinajstić information content (AvgIpc) is 3.21. The molecular weight excluding hydrogens is 412 g/mol.